The van der Waals surface area contributed by atoms with Gasteiger partial charge in [0.2, 0.25) is 5.91 Å². The molecule has 1 fully saturated rings. The van der Waals surface area contributed by atoms with Crippen LogP contribution in [0.4, 0.5) is 0 Å². The van der Waals surface area contributed by atoms with E-state index in [9.17, 15) is 4.79 Å². The van der Waals surface area contributed by atoms with E-state index in [0.29, 0.717) is 23.7 Å². The number of hydrogen-bond acceptors (Lipinski definition) is 4. The van der Waals surface area contributed by atoms with E-state index in [1.54, 1.807) is 14.2 Å². The Morgan fingerprint density at radius 3 is 2.74 bits per heavy atom. The highest BCUT2D eigenvalue weighted by atomic mass is 35.5. The molecule has 5 nitrogen and oxygen atoms in total. The van der Waals surface area contributed by atoms with Crippen molar-refractivity contribution >= 4 is 17.5 Å². The fourth-order valence-electron chi connectivity index (χ4n) is 3.40. The first-order chi connectivity index (χ1) is 13.1. The van der Waals surface area contributed by atoms with Gasteiger partial charge >= 0.3 is 0 Å². The SMILES string of the molecule is COc1ccc(OC)c(-c2cc(Cl)c3c(c2)CC(CNC(=O)C2CC2)O3)c1. The maximum Gasteiger partial charge on any atom is 0.223 e. The Hall–Kier alpha value is -2.40. The molecule has 2 aromatic carbocycles. The van der Waals surface area contributed by atoms with E-state index >= 15 is 0 Å². The van der Waals surface area contributed by atoms with Crippen molar-refractivity contribution in [2.24, 2.45) is 5.92 Å². The number of ether oxygens (including phenoxy) is 3. The zero-order chi connectivity index (χ0) is 19.0. The molecule has 27 heavy (non-hydrogen) atoms. The van der Waals surface area contributed by atoms with Gasteiger partial charge in [-0.05, 0) is 48.7 Å². The van der Waals surface area contributed by atoms with Crippen LogP contribution < -0.4 is 19.5 Å². The third-order valence-corrected chi connectivity index (χ3v) is 5.30. The average Bonchev–Trinajstić information content (AvgIpc) is 3.45. The molecule has 1 aliphatic carbocycles. The standard InChI is InChI=1S/C21H22ClNO4/c1-25-15-5-6-19(26-2)17(10-15)13-7-14-8-16(27-20(14)18(22)9-13)11-23-21(24)12-3-4-12/h5-7,9-10,12,16H,3-4,8,11H2,1-2H3,(H,23,24). The highest BCUT2D eigenvalue weighted by Gasteiger charge is 2.31. The van der Waals surface area contributed by atoms with Crippen LogP contribution in [0.25, 0.3) is 11.1 Å². The van der Waals surface area contributed by atoms with Gasteiger partial charge in [0.15, 0.2) is 0 Å². The zero-order valence-electron chi connectivity index (χ0n) is 15.4. The third kappa shape index (κ3) is 3.69. The molecule has 0 bridgehead atoms. The molecule has 0 spiro atoms. The quantitative estimate of drug-likeness (QED) is 0.817. The maximum absolute atomic E-state index is 11.9. The molecule has 1 unspecified atom stereocenters. The van der Waals surface area contributed by atoms with Gasteiger partial charge in [0.25, 0.3) is 0 Å². The first-order valence-electron chi connectivity index (χ1n) is 9.08. The molecule has 2 aliphatic rings. The van der Waals surface area contributed by atoms with E-state index in [2.05, 4.69) is 11.4 Å². The molecular weight excluding hydrogens is 366 g/mol. The van der Waals surface area contributed by atoms with Gasteiger partial charge in [-0.3, -0.25) is 4.79 Å². The van der Waals surface area contributed by atoms with Gasteiger partial charge in [0, 0.05) is 23.5 Å². The van der Waals surface area contributed by atoms with Crippen LogP contribution >= 0.6 is 11.6 Å². The predicted octanol–water partition coefficient (Wildman–Crippen LogP) is 3.85. The number of carbonyl (C=O) groups excluding carboxylic acids is 1. The average molecular weight is 388 g/mol. The van der Waals surface area contributed by atoms with Crippen molar-refractivity contribution in [1.82, 2.24) is 5.32 Å². The summed E-state index contributed by atoms with van der Waals surface area (Å²) in [5.41, 5.74) is 2.89. The second-order valence-electron chi connectivity index (χ2n) is 6.98. The third-order valence-electron chi connectivity index (χ3n) is 5.02. The molecule has 6 heteroatoms. The lowest BCUT2D eigenvalue weighted by Crippen LogP contribution is -2.35. The molecule has 1 aliphatic heterocycles. The molecule has 0 radical (unpaired) electrons. The van der Waals surface area contributed by atoms with Crippen LogP contribution in [0.15, 0.2) is 30.3 Å². The number of benzene rings is 2. The number of amides is 1. The van der Waals surface area contributed by atoms with Crippen LogP contribution in [0.3, 0.4) is 0 Å². The highest BCUT2D eigenvalue weighted by Crippen LogP contribution is 2.42. The molecule has 1 amide bonds. The van der Waals surface area contributed by atoms with E-state index in [4.69, 9.17) is 25.8 Å². The number of nitrogens with one attached hydrogen (secondary N) is 1. The Kier molecular flexibility index (Phi) is 4.87. The highest BCUT2D eigenvalue weighted by molar-refractivity contribution is 6.32. The summed E-state index contributed by atoms with van der Waals surface area (Å²) in [6, 6.07) is 9.62. The van der Waals surface area contributed by atoms with Gasteiger partial charge < -0.3 is 19.5 Å². The Bertz CT molecular complexity index is 879. The minimum atomic E-state index is -0.0948. The van der Waals surface area contributed by atoms with Crippen molar-refractivity contribution in [2.75, 3.05) is 20.8 Å². The normalized spacial score (nSPS) is 17.8. The van der Waals surface area contributed by atoms with Gasteiger partial charge in [0.05, 0.1) is 25.8 Å². The van der Waals surface area contributed by atoms with Gasteiger partial charge in [-0.15, -0.1) is 0 Å². The molecule has 1 atom stereocenters. The summed E-state index contributed by atoms with van der Waals surface area (Å²) >= 11 is 6.50. The van der Waals surface area contributed by atoms with E-state index in [-0.39, 0.29) is 17.9 Å². The summed E-state index contributed by atoms with van der Waals surface area (Å²) in [6.07, 6.45) is 2.60. The van der Waals surface area contributed by atoms with Crippen molar-refractivity contribution in [3.63, 3.8) is 0 Å². The summed E-state index contributed by atoms with van der Waals surface area (Å²) in [4.78, 5) is 11.9. The summed E-state index contributed by atoms with van der Waals surface area (Å²) < 4.78 is 16.8. The van der Waals surface area contributed by atoms with E-state index < -0.39 is 0 Å². The van der Waals surface area contributed by atoms with Gasteiger partial charge in [-0.2, -0.15) is 0 Å². The van der Waals surface area contributed by atoms with Gasteiger partial charge in [-0.1, -0.05) is 11.6 Å². The number of hydrogen-bond donors (Lipinski definition) is 1. The molecule has 2 aromatic rings. The topological polar surface area (TPSA) is 56.8 Å². The Morgan fingerprint density at radius 2 is 2.04 bits per heavy atom. The number of methoxy groups -OCH3 is 2. The molecule has 1 N–H and O–H groups in total. The van der Waals surface area contributed by atoms with Crippen molar-refractivity contribution in [3.8, 4) is 28.4 Å². The minimum absolute atomic E-state index is 0.0948. The summed E-state index contributed by atoms with van der Waals surface area (Å²) in [5.74, 6) is 2.53. The number of fused-ring (bicyclic) bond motifs is 1. The van der Waals surface area contributed by atoms with E-state index in [0.717, 1.165) is 41.0 Å². The van der Waals surface area contributed by atoms with Crippen molar-refractivity contribution in [2.45, 2.75) is 25.4 Å². The first kappa shape index (κ1) is 18.0. The molecule has 142 valence electrons. The molecule has 1 saturated carbocycles. The smallest absolute Gasteiger partial charge is 0.223 e. The molecule has 0 aromatic heterocycles. The monoisotopic (exact) mass is 387 g/mol. The second kappa shape index (κ2) is 7.31. The van der Waals surface area contributed by atoms with Crippen molar-refractivity contribution in [3.05, 3.63) is 40.9 Å². The number of carbonyl (C=O) groups is 1. The van der Waals surface area contributed by atoms with Crippen LogP contribution in [0.5, 0.6) is 17.2 Å². The van der Waals surface area contributed by atoms with Crippen LogP contribution in [0.1, 0.15) is 18.4 Å². The maximum atomic E-state index is 11.9. The first-order valence-corrected chi connectivity index (χ1v) is 9.46. The van der Waals surface area contributed by atoms with Crippen LogP contribution in [0, 0.1) is 5.92 Å². The largest absolute Gasteiger partial charge is 0.497 e. The van der Waals surface area contributed by atoms with Gasteiger partial charge in [0.1, 0.15) is 23.4 Å². The molecule has 0 saturated heterocycles. The molecule has 4 rings (SSSR count). The van der Waals surface area contributed by atoms with Crippen molar-refractivity contribution in [1.29, 1.82) is 0 Å². The Morgan fingerprint density at radius 1 is 1.22 bits per heavy atom. The summed E-state index contributed by atoms with van der Waals surface area (Å²) in [7, 11) is 3.28. The second-order valence-corrected chi connectivity index (χ2v) is 7.38. The Labute approximate surface area is 163 Å². The lowest BCUT2D eigenvalue weighted by atomic mass is 9.99. The van der Waals surface area contributed by atoms with E-state index in [1.807, 2.05) is 24.3 Å². The van der Waals surface area contributed by atoms with Gasteiger partial charge in [-0.25, -0.2) is 0 Å². The minimum Gasteiger partial charge on any atom is -0.497 e. The fourth-order valence-corrected chi connectivity index (χ4v) is 3.68. The van der Waals surface area contributed by atoms with Crippen molar-refractivity contribution < 1.29 is 19.0 Å². The van der Waals surface area contributed by atoms with E-state index in [1.165, 1.54) is 0 Å². The Balaban J connectivity index is 1.56. The zero-order valence-corrected chi connectivity index (χ0v) is 16.1. The fraction of sp³-hybridized carbons (Fsp3) is 0.381. The van der Waals surface area contributed by atoms with Crippen LogP contribution in [-0.2, 0) is 11.2 Å². The molecular formula is C21H22ClNO4. The lowest BCUT2D eigenvalue weighted by Gasteiger charge is -2.13. The van der Waals surface area contributed by atoms with Crippen LogP contribution in [0.2, 0.25) is 5.02 Å². The lowest BCUT2D eigenvalue weighted by molar-refractivity contribution is -0.122. The summed E-state index contributed by atoms with van der Waals surface area (Å²) in [6.45, 7) is 0.498. The predicted molar refractivity (Wildman–Crippen MR) is 104 cm³/mol. The number of rotatable bonds is 6. The van der Waals surface area contributed by atoms with Crippen LogP contribution in [-0.4, -0.2) is 32.8 Å². The summed E-state index contributed by atoms with van der Waals surface area (Å²) in [5, 5.41) is 3.54. The molecule has 1 heterocycles. The number of halogens is 1.